The number of carbonyl (C=O) groups is 2. The van der Waals surface area contributed by atoms with Gasteiger partial charge in [-0.25, -0.2) is 4.79 Å². The van der Waals surface area contributed by atoms with E-state index in [0.717, 1.165) is 11.3 Å². The second-order valence-corrected chi connectivity index (χ2v) is 6.00. The van der Waals surface area contributed by atoms with Gasteiger partial charge < -0.3 is 10.1 Å². The minimum Gasteiger partial charge on any atom is -0.457 e. The first kappa shape index (κ1) is 16.3. The minimum atomic E-state index is -0.342. The summed E-state index contributed by atoms with van der Waals surface area (Å²) in [5, 5.41) is 3.19. The van der Waals surface area contributed by atoms with Crippen molar-refractivity contribution in [3.63, 3.8) is 0 Å². The zero-order valence-electron chi connectivity index (χ0n) is 13.4. The maximum atomic E-state index is 12.3. The lowest BCUT2D eigenvalue weighted by atomic mass is 9.97. The maximum Gasteiger partial charge on any atom is 0.336 e. The van der Waals surface area contributed by atoms with E-state index >= 15 is 0 Å². The van der Waals surface area contributed by atoms with Crippen molar-refractivity contribution in [3.05, 3.63) is 47.2 Å². The lowest BCUT2D eigenvalue weighted by Gasteiger charge is -2.20. The Balaban J connectivity index is 2.04. The Labute approximate surface area is 131 Å². The van der Waals surface area contributed by atoms with Crippen LogP contribution in [0.5, 0.6) is 0 Å². The maximum absolute atomic E-state index is 12.3. The van der Waals surface area contributed by atoms with Crippen LogP contribution in [0.1, 0.15) is 39.2 Å². The van der Waals surface area contributed by atoms with Gasteiger partial charge in [0.05, 0.1) is 11.6 Å². The number of ether oxygens (including phenoxy) is 1. The van der Waals surface area contributed by atoms with Gasteiger partial charge in [0, 0.05) is 12.1 Å². The molecular weight excluding hydrogens is 278 g/mol. The van der Waals surface area contributed by atoms with E-state index in [-0.39, 0.29) is 30.3 Å². The zero-order valence-corrected chi connectivity index (χ0v) is 13.4. The van der Waals surface area contributed by atoms with Crippen LogP contribution in [0.3, 0.4) is 0 Å². The summed E-state index contributed by atoms with van der Waals surface area (Å²) in [4.78, 5) is 24.4. The molecule has 1 aliphatic heterocycles. The van der Waals surface area contributed by atoms with Crippen LogP contribution in [-0.2, 0) is 20.9 Å². The molecule has 1 atom stereocenters. The van der Waals surface area contributed by atoms with Crippen LogP contribution in [0.25, 0.3) is 0 Å². The number of Topliss-reactive ketones (excluding diaryl/α,β-unsaturated/α-hetero) is 1. The fraction of sp³-hybridized carbons (Fsp3) is 0.444. The van der Waals surface area contributed by atoms with Gasteiger partial charge in [-0.1, -0.05) is 44.2 Å². The van der Waals surface area contributed by atoms with E-state index in [9.17, 15) is 9.59 Å². The van der Waals surface area contributed by atoms with Crippen molar-refractivity contribution in [2.24, 2.45) is 5.92 Å². The summed E-state index contributed by atoms with van der Waals surface area (Å²) < 4.78 is 5.38. The van der Waals surface area contributed by atoms with Gasteiger partial charge >= 0.3 is 5.97 Å². The monoisotopic (exact) mass is 301 g/mol. The largest absolute Gasteiger partial charge is 0.457 e. The van der Waals surface area contributed by atoms with Crippen LogP contribution >= 0.6 is 0 Å². The van der Waals surface area contributed by atoms with Gasteiger partial charge in [-0.05, 0) is 24.8 Å². The Morgan fingerprint density at radius 1 is 1.27 bits per heavy atom. The van der Waals surface area contributed by atoms with Gasteiger partial charge in [0.1, 0.15) is 6.61 Å². The average Bonchev–Trinajstić information content (AvgIpc) is 2.65. The highest BCUT2D eigenvalue weighted by Gasteiger charge is 2.28. The molecule has 4 nitrogen and oxygen atoms in total. The highest BCUT2D eigenvalue weighted by atomic mass is 16.5. The predicted octanol–water partition coefficient (Wildman–Crippen LogP) is 2.98. The Bertz CT molecular complexity index is 575. The molecule has 1 aromatic rings. The second kappa shape index (κ2) is 7.25. The van der Waals surface area contributed by atoms with E-state index < -0.39 is 0 Å². The van der Waals surface area contributed by atoms with Crippen LogP contribution in [0.2, 0.25) is 0 Å². The van der Waals surface area contributed by atoms with E-state index in [1.165, 1.54) is 0 Å². The minimum absolute atomic E-state index is 0.153. The Morgan fingerprint density at radius 2 is 1.95 bits per heavy atom. The molecule has 0 spiro atoms. The molecule has 0 aliphatic carbocycles. The highest BCUT2D eigenvalue weighted by Crippen LogP contribution is 2.21. The van der Waals surface area contributed by atoms with Crippen molar-refractivity contribution in [3.8, 4) is 0 Å². The third-order valence-corrected chi connectivity index (χ3v) is 3.92. The number of benzene rings is 1. The van der Waals surface area contributed by atoms with E-state index in [1.54, 1.807) is 0 Å². The second-order valence-electron chi connectivity index (χ2n) is 6.00. The SMILES string of the molecule is CC1=C(C(=O)OCc2ccccc2)CCC(=O)[C@H](C(C)C)N1. The van der Waals surface area contributed by atoms with Crippen LogP contribution in [0, 0.1) is 5.92 Å². The molecule has 0 aromatic heterocycles. The Kier molecular flexibility index (Phi) is 5.36. The summed E-state index contributed by atoms with van der Waals surface area (Å²) in [7, 11) is 0. The molecule has 0 unspecified atom stereocenters. The summed E-state index contributed by atoms with van der Waals surface area (Å²) in [5.41, 5.74) is 2.28. The summed E-state index contributed by atoms with van der Waals surface area (Å²) >= 11 is 0. The summed E-state index contributed by atoms with van der Waals surface area (Å²) in [5.74, 6) is 0.00778. The Morgan fingerprint density at radius 3 is 2.59 bits per heavy atom. The predicted molar refractivity (Wildman–Crippen MR) is 84.9 cm³/mol. The number of allylic oxidation sites excluding steroid dienone is 1. The summed E-state index contributed by atoms with van der Waals surface area (Å²) in [6, 6.07) is 9.35. The third-order valence-electron chi connectivity index (χ3n) is 3.92. The molecule has 1 N–H and O–H groups in total. The Hall–Kier alpha value is -2.10. The quantitative estimate of drug-likeness (QED) is 0.869. The van der Waals surface area contributed by atoms with Gasteiger partial charge in [-0.15, -0.1) is 0 Å². The average molecular weight is 301 g/mol. The van der Waals surface area contributed by atoms with Gasteiger partial charge in [0.2, 0.25) is 0 Å². The zero-order chi connectivity index (χ0) is 16.1. The van der Waals surface area contributed by atoms with Crippen molar-refractivity contribution < 1.29 is 14.3 Å². The van der Waals surface area contributed by atoms with E-state index in [1.807, 2.05) is 51.1 Å². The molecule has 0 saturated heterocycles. The molecule has 0 fully saturated rings. The first-order valence-corrected chi connectivity index (χ1v) is 7.69. The van der Waals surface area contributed by atoms with Crippen LogP contribution in [0.4, 0.5) is 0 Å². The van der Waals surface area contributed by atoms with Crippen molar-refractivity contribution in [1.82, 2.24) is 5.32 Å². The molecule has 1 aliphatic rings. The van der Waals surface area contributed by atoms with Crippen molar-refractivity contribution in [1.29, 1.82) is 0 Å². The molecule has 1 aromatic carbocycles. The fourth-order valence-electron chi connectivity index (χ4n) is 2.60. The van der Waals surface area contributed by atoms with Gasteiger partial charge in [-0.2, -0.15) is 0 Å². The molecule has 118 valence electrons. The smallest absolute Gasteiger partial charge is 0.336 e. The lowest BCUT2D eigenvalue weighted by Crippen LogP contribution is -2.38. The first-order chi connectivity index (χ1) is 10.5. The van der Waals surface area contributed by atoms with E-state index in [0.29, 0.717) is 18.4 Å². The van der Waals surface area contributed by atoms with Gasteiger partial charge in [0.25, 0.3) is 0 Å². The number of rotatable bonds is 4. The number of nitrogens with one attached hydrogen (secondary N) is 1. The third kappa shape index (κ3) is 3.97. The molecule has 0 bridgehead atoms. The van der Waals surface area contributed by atoms with Crippen LogP contribution in [-0.4, -0.2) is 17.8 Å². The van der Waals surface area contributed by atoms with Crippen molar-refractivity contribution in [2.45, 2.75) is 46.3 Å². The molecule has 4 heteroatoms. The summed E-state index contributed by atoms with van der Waals surface area (Å²) in [6.45, 7) is 6.09. The van der Waals surface area contributed by atoms with E-state index in [4.69, 9.17) is 4.74 Å². The standard InChI is InChI=1S/C18H23NO3/c1-12(2)17-16(20)10-9-15(13(3)19-17)18(21)22-11-14-7-5-4-6-8-14/h4-8,12,17,19H,9-11H2,1-3H3/t17-/m0/s1. The molecule has 1 heterocycles. The number of hydrogen-bond acceptors (Lipinski definition) is 4. The molecule has 2 rings (SSSR count). The molecule has 22 heavy (non-hydrogen) atoms. The van der Waals surface area contributed by atoms with Gasteiger partial charge in [-0.3, -0.25) is 4.79 Å². The molecule has 0 saturated carbocycles. The number of carbonyl (C=O) groups excluding carboxylic acids is 2. The molecule has 0 radical (unpaired) electrons. The lowest BCUT2D eigenvalue weighted by molar-refractivity contribution is -0.140. The highest BCUT2D eigenvalue weighted by molar-refractivity contribution is 5.93. The van der Waals surface area contributed by atoms with Gasteiger partial charge in [0.15, 0.2) is 5.78 Å². The van der Waals surface area contributed by atoms with Crippen molar-refractivity contribution in [2.75, 3.05) is 0 Å². The molecule has 0 amide bonds. The first-order valence-electron chi connectivity index (χ1n) is 7.69. The molecular formula is C18H23NO3. The van der Waals surface area contributed by atoms with Crippen LogP contribution in [0.15, 0.2) is 41.6 Å². The summed E-state index contributed by atoms with van der Waals surface area (Å²) in [6.07, 6.45) is 0.817. The topological polar surface area (TPSA) is 55.4 Å². The normalized spacial score (nSPS) is 18.9. The fourth-order valence-corrected chi connectivity index (χ4v) is 2.60. The van der Waals surface area contributed by atoms with E-state index in [2.05, 4.69) is 5.32 Å². The van der Waals surface area contributed by atoms with Crippen LogP contribution < -0.4 is 5.32 Å². The van der Waals surface area contributed by atoms with Crippen molar-refractivity contribution >= 4 is 11.8 Å². The number of hydrogen-bond donors (Lipinski definition) is 1. The number of ketones is 1. The number of esters is 1.